The van der Waals surface area contributed by atoms with Crippen LogP contribution in [0.4, 0.5) is 10.2 Å². The number of aromatic nitrogens is 3. The zero-order valence-electron chi connectivity index (χ0n) is 15.6. The van der Waals surface area contributed by atoms with Crippen molar-refractivity contribution < 1.29 is 9.13 Å². The van der Waals surface area contributed by atoms with E-state index in [0.29, 0.717) is 31.9 Å². The van der Waals surface area contributed by atoms with Crippen LogP contribution in [-0.4, -0.2) is 34.6 Å². The Balaban J connectivity index is 1.54. The highest BCUT2D eigenvalue weighted by atomic mass is 19.1. The lowest BCUT2D eigenvalue weighted by Gasteiger charge is -2.34. The number of anilines is 1. The molecule has 28 heavy (non-hydrogen) atoms. The van der Waals surface area contributed by atoms with Crippen molar-refractivity contribution in [3.8, 4) is 11.4 Å². The van der Waals surface area contributed by atoms with Gasteiger partial charge in [0.1, 0.15) is 23.6 Å². The van der Waals surface area contributed by atoms with Crippen molar-refractivity contribution in [1.29, 1.82) is 0 Å². The Labute approximate surface area is 162 Å². The zero-order valence-corrected chi connectivity index (χ0v) is 15.6. The molecule has 0 aliphatic carbocycles. The van der Waals surface area contributed by atoms with Gasteiger partial charge in [0.25, 0.3) is 5.56 Å². The van der Waals surface area contributed by atoms with Crippen molar-refractivity contribution in [3.63, 3.8) is 0 Å². The Kier molecular flexibility index (Phi) is 5.16. The number of nitrogens with zero attached hydrogens (tertiary/aromatic N) is 3. The number of aromatic amines is 1. The molecule has 0 saturated carbocycles. The van der Waals surface area contributed by atoms with Gasteiger partial charge in [-0.1, -0.05) is 19.1 Å². The Hall–Kier alpha value is -3.06. The minimum absolute atomic E-state index is 0.169. The van der Waals surface area contributed by atoms with Gasteiger partial charge in [-0.25, -0.2) is 14.4 Å². The summed E-state index contributed by atoms with van der Waals surface area (Å²) >= 11 is 0. The van der Waals surface area contributed by atoms with Gasteiger partial charge in [-0.3, -0.25) is 4.79 Å². The number of morpholine rings is 1. The lowest BCUT2D eigenvalue weighted by Crippen LogP contribution is -2.38. The maximum atomic E-state index is 13.5. The summed E-state index contributed by atoms with van der Waals surface area (Å²) in [6.45, 7) is 3.80. The average molecular weight is 380 g/mol. The van der Waals surface area contributed by atoms with Crippen LogP contribution in [0.25, 0.3) is 11.4 Å². The second-order valence-electron chi connectivity index (χ2n) is 6.70. The number of H-pyrrole nitrogens is 1. The molecule has 4 rings (SSSR count). The Morgan fingerprint density at radius 2 is 2.18 bits per heavy atom. The van der Waals surface area contributed by atoms with Crippen LogP contribution in [0.15, 0.2) is 53.5 Å². The van der Waals surface area contributed by atoms with Crippen LogP contribution < -0.4 is 10.5 Å². The standard InChI is InChI=1S/C21H21FN4O2/c1-2-17-11-20(27)25-21(24-17)15-6-7-19(23-12-15)26-8-9-28-18(13-26)14-4-3-5-16(22)10-14/h3-7,10-12,18H,2,8-9,13H2,1H3,(H,24,25,27). The Morgan fingerprint density at radius 3 is 2.93 bits per heavy atom. The van der Waals surface area contributed by atoms with Gasteiger partial charge in [-0.15, -0.1) is 0 Å². The molecule has 2 aromatic heterocycles. The van der Waals surface area contributed by atoms with Gasteiger partial charge < -0.3 is 14.6 Å². The zero-order chi connectivity index (χ0) is 19.5. The van der Waals surface area contributed by atoms with E-state index in [2.05, 4.69) is 19.9 Å². The fourth-order valence-corrected chi connectivity index (χ4v) is 3.30. The number of rotatable bonds is 4. The van der Waals surface area contributed by atoms with Gasteiger partial charge in [0, 0.05) is 36.6 Å². The second-order valence-corrected chi connectivity index (χ2v) is 6.70. The summed E-state index contributed by atoms with van der Waals surface area (Å²) in [4.78, 5) is 25.7. The van der Waals surface area contributed by atoms with Gasteiger partial charge in [0.2, 0.25) is 0 Å². The number of ether oxygens (including phenoxy) is 1. The summed E-state index contributed by atoms with van der Waals surface area (Å²) in [5, 5.41) is 0. The largest absolute Gasteiger partial charge is 0.370 e. The van der Waals surface area contributed by atoms with Crippen molar-refractivity contribution in [2.24, 2.45) is 0 Å². The summed E-state index contributed by atoms with van der Waals surface area (Å²) in [7, 11) is 0. The van der Waals surface area contributed by atoms with Crippen molar-refractivity contribution in [3.05, 3.63) is 76.1 Å². The van der Waals surface area contributed by atoms with Crippen LogP contribution in [0.5, 0.6) is 0 Å². The quantitative estimate of drug-likeness (QED) is 0.753. The monoisotopic (exact) mass is 380 g/mol. The van der Waals surface area contributed by atoms with E-state index in [1.165, 1.54) is 18.2 Å². The van der Waals surface area contributed by atoms with Crippen LogP contribution >= 0.6 is 0 Å². The molecule has 1 N–H and O–H groups in total. The molecule has 1 aromatic carbocycles. The van der Waals surface area contributed by atoms with Crippen molar-refractivity contribution in [1.82, 2.24) is 15.0 Å². The third kappa shape index (κ3) is 3.94. The number of pyridine rings is 1. The van der Waals surface area contributed by atoms with Crippen LogP contribution in [0.1, 0.15) is 24.3 Å². The molecule has 1 saturated heterocycles. The predicted octanol–water partition coefficient (Wildman–Crippen LogP) is 3.11. The predicted molar refractivity (Wildman–Crippen MR) is 105 cm³/mol. The van der Waals surface area contributed by atoms with Crippen LogP contribution in [0.2, 0.25) is 0 Å². The smallest absolute Gasteiger partial charge is 0.251 e. The molecular weight excluding hydrogens is 359 g/mol. The third-order valence-corrected chi connectivity index (χ3v) is 4.79. The summed E-state index contributed by atoms with van der Waals surface area (Å²) in [5.74, 6) is 1.06. The highest BCUT2D eigenvalue weighted by Gasteiger charge is 2.23. The van der Waals surface area contributed by atoms with Gasteiger partial charge in [-0.05, 0) is 36.2 Å². The molecular formula is C21H21FN4O2. The molecule has 0 spiro atoms. The first kappa shape index (κ1) is 18.3. The second kappa shape index (κ2) is 7.90. The number of hydrogen-bond donors (Lipinski definition) is 1. The molecule has 0 amide bonds. The fourth-order valence-electron chi connectivity index (χ4n) is 3.30. The van der Waals surface area contributed by atoms with E-state index < -0.39 is 0 Å². The van der Waals surface area contributed by atoms with Crippen LogP contribution in [0.3, 0.4) is 0 Å². The van der Waals surface area contributed by atoms with Gasteiger partial charge >= 0.3 is 0 Å². The Bertz CT molecular complexity index is 1020. The maximum absolute atomic E-state index is 13.5. The third-order valence-electron chi connectivity index (χ3n) is 4.79. The summed E-state index contributed by atoms with van der Waals surface area (Å²) in [5.41, 5.74) is 2.15. The number of halogens is 1. The molecule has 1 aliphatic rings. The highest BCUT2D eigenvalue weighted by Crippen LogP contribution is 2.26. The minimum Gasteiger partial charge on any atom is -0.370 e. The molecule has 0 bridgehead atoms. The lowest BCUT2D eigenvalue weighted by molar-refractivity contribution is 0.0393. The molecule has 1 unspecified atom stereocenters. The topological polar surface area (TPSA) is 71.1 Å². The average Bonchev–Trinajstić information content (AvgIpc) is 2.73. The SMILES string of the molecule is CCc1cc(=O)[nH]c(-c2ccc(N3CCOC(c4cccc(F)c4)C3)nc2)n1. The molecule has 144 valence electrons. The van der Waals surface area contributed by atoms with E-state index in [9.17, 15) is 9.18 Å². The normalized spacial score (nSPS) is 16.9. The molecule has 1 fully saturated rings. The van der Waals surface area contributed by atoms with Crippen molar-refractivity contribution in [2.45, 2.75) is 19.4 Å². The lowest BCUT2D eigenvalue weighted by atomic mass is 10.1. The van der Waals surface area contributed by atoms with Crippen LogP contribution in [-0.2, 0) is 11.2 Å². The molecule has 6 nitrogen and oxygen atoms in total. The number of hydrogen-bond acceptors (Lipinski definition) is 5. The molecule has 7 heteroatoms. The number of benzene rings is 1. The first-order chi connectivity index (χ1) is 13.6. The van der Waals surface area contributed by atoms with Gasteiger partial charge in [-0.2, -0.15) is 0 Å². The summed E-state index contributed by atoms with van der Waals surface area (Å²) in [6, 6.07) is 11.8. The van der Waals surface area contributed by atoms with Crippen LogP contribution in [0, 0.1) is 5.82 Å². The fraction of sp³-hybridized carbons (Fsp3) is 0.286. The molecule has 1 aliphatic heterocycles. The summed E-state index contributed by atoms with van der Waals surface area (Å²) < 4.78 is 19.3. The molecule has 3 heterocycles. The van der Waals surface area contributed by atoms with Gasteiger partial charge in [0.05, 0.1) is 6.61 Å². The van der Waals surface area contributed by atoms with Crippen molar-refractivity contribution >= 4 is 5.82 Å². The molecule has 0 radical (unpaired) electrons. The first-order valence-corrected chi connectivity index (χ1v) is 9.31. The molecule has 3 aromatic rings. The van der Waals surface area contributed by atoms with E-state index in [1.54, 1.807) is 12.3 Å². The highest BCUT2D eigenvalue weighted by molar-refractivity contribution is 5.56. The van der Waals surface area contributed by atoms with Gasteiger partial charge in [0.15, 0.2) is 0 Å². The van der Waals surface area contributed by atoms with E-state index in [-0.39, 0.29) is 17.5 Å². The maximum Gasteiger partial charge on any atom is 0.251 e. The van der Waals surface area contributed by atoms with Crippen molar-refractivity contribution in [2.75, 3.05) is 24.6 Å². The van der Waals surface area contributed by atoms with E-state index in [4.69, 9.17) is 4.74 Å². The number of nitrogens with one attached hydrogen (secondary N) is 1. The van der Waals surface area contributed by atoms with E-state index in [1.807, 2.05) is 25.1 Å². The minimum atomic E-state index is -0.267. The van der Waals surface area contributed by atoms with E-state index >= 15 is 0 Å². The van der Waals surface area contributed by atoms with E-state index in [0.717, 1.165) is 22.6 Å². The number of aryl methyl sites for hydroxylation is 1. The first-order valence-electron chi connectivity index (χ1n) is 9.31. The summed E-state index contributed by atoms with van der Waals surface area (Å²) in [6.07, 6.45) is 2.20. The molecule has 1 atom stereocenters. The Morgan fingerprint density at radius 1 is 1.29 bits per heavy atom.